The zero-order valence-corrected chi connectivity index (χ0v) is 20.9. The van der Waals surface area contributed by atoms with E-state index in [4.69, 9.17) is 4.74 Å². The summed E-state index contributed by atoms with van der Waals surface area (Å²) in [5.41, 5.74) is 3.96. The number of ether oxygens (including phenoxy) is 1. The van der Waals surface area contributed by atoms with E-state index < -0.39 is 17.0 Å². The number of anilines is 1. The molecule has 1 atom stereocenters. The molecule has 1 heterocycles. The number of aliphatic hydroxyl groups is 1. The van der Waals surface area contributed by atoms with E-state index in [-0.39, 0.29) is 29.3 Å². The number of rotatable bonds is 7. The summed E-state index contributed by atoms with van der Waals surface area (Å²) in [4.78, 5) is 26.1. The molecular formula is C25H34INO4. The number of benzene rings is 2. The number of hydrogen-bond acceptors (Lipinski definition) is 4. The van der Waals surface area contributed by atoms with E-state index in [1.807, 2.05) is 50.2 Å². The molecule has 1 saturated heterocycles. The predicted molar refractivity (Wildman–Crippen MR) is 135 cm³/mol. The van der Waals surface area contributed by atoms with E-state index in [0.29, 0.717) is 0 Å². The van der Waals surface area contributed by atoms with Gasteiger partial charge in [0.05, 0.1) is 0 Å². The molecule has 5 nitrogen and oxygen atoms in total. The summed E-state index contributed by atoms with van der Waals surface area (Å²) in [5, 5.41) is 14.1. The third-order valence-corrected chi connectivity index (χ3v) is 23.0. The number of nitrogens with one attached hydrogen (secondary N) is 1. The van der Waals surface area contributed by atoms with Gasteiger partial charge in [-0.15, -0.1) is 0 Å². The summed E-state index contributed by atoms with van der Waals surface area (Å²) in [6.07, 6.45) is 2.87. The Hall–Kier alpha value is -1.93. The summed E-state index contributed by atoms with van der Waals surface area (Å²) < 4.78 is 6.29. The Morgan fingerprint density at radius 1 is 1.03 bits per heavy atom. The molecule has 0 radical (unpaired) electrons. The molecule has 0 spiro atoms. The van der Waals surface area contributed by atoms with Gasteiger partial charge in [0.1, 0.15) is 0 Å². The van der Waals surface area contributed by atoms with Gasteiger partial charge in [0.15, 0.2) is 0 Å². The van der Waals surface area contributed by atoms with Crippen molar-refractivity contribution in [3.05, 3.63) is 65.2 Å². The number of halogens is 1. The van der Waals surface area contributed by atoms with E-state index >= 15 is 0 Å². The second-order valence-corrected chi connectivity index (χ2v) is 23.4. The van der Waals surface area contributed by atoms with Crippen LogP contribution in [0.5, 0.6) is 0 Å². The van der Waals surface area contributed by atoms with Crippen LogP contribution in [0.2, 0.25) is 0 Å². The van der Waals surface area contributed by atoms with Crippen LogP contribution in [0, 0.1) is 13.8 Å². The molecule has 2 aromatic rings. The van der Waals surface area contributed by atoms with Gasteiger partial charge in [-0.2, -0.15) is 0 Å². The van der Waals surface area contributed by atoms with E-state index in [1.165, 1.54) is 7.11 Å². The van der Waals surface area contributed by atoms with Crippen molar-refractivity contribution in [2.45, 2.75) is 37.0 Å². The van der Waals surface area contributed by atoms with Crippen molar-refractivity contribution in [1.29, 1.82) is 0 Å². The Bertz CT molecular complexity index is 928. The maximum absolute atomic E-state index is 13.5. The Labute approximate surface area is 186 Å². The average Bonchev–Trinajstić information content (AvgIpc) is 2.77. The number of alkyl halides is 5. The summed E-state index contributed by atoms with van der Waals surface area (Å²) in [5.74, 6) is -0.418. The molecule has 6 heteroatoms. The van der Waals surface area contributed by atoms with Crippen molar-refractivity contribution in [1.82, 2.24) is 0 Å². The summed E-state index contributed by atoms with van der Waals surface area (Å²) in [7, 11) is 1.39. The standard InChI is InChI=1S/C25H34INO4/c1-19-10-9-11-20(2)25(19)27-23(29)16-26(18-28,17-24(30)31-3)15-8-7-14-22(26)21-12-5-4-6-13-21/h4-6,9-13,22,28H,7-8,14-18H2,1-3H3,(H,27,29). The number of amides is 1. The van der Waals surface area contributed by atoms with Gasteiger partial charge in [0, 0.05) is 0 Å². The second-order valence-electron chi connectivity index (χ2n) is 8.59. The molecule has 0 aromatic heterocycles. The SMILES string of the molecule is COC(=O)CI1(CO)(CC(=O)Nc2c(C)cccc2C)CCCCC1c1ccccc1. The first-order valence-electron chi connectivity index (χ1n) is 10.7. The molecular weight excluding hydrogens is 505 g/mol. The topological polar surface area (TPSA) is 75.6 Å². The first-order valence-corrected chi connectivity index (χ1v) is 18.0. The normalized spacial score (nSPS) is 20.8. The molecule has 31 heavy (non-hydrogen) atoms. The molecule has 1 aliphatic rings. The first-order chi connectivity index (χ1) is 14.8. The Morgan fingerprint density at radius 2 is 1.71 bits per heavy atom. The van der Waals surface area contributed by atoms with Crippen molar-refractivity contribution in [2.75, 3.05) is 30.3 Å². The van der Waals surface area contributed by atoms with E-state index in [0.717, 1.165) is 46.1 Å². The molecule has 1 aliphatic heterocycles. The van der Waals surface area contributed by atoms with Crippen LogP contribution in [0.25, 0.3) is 0 Å². The number of hydrogen-bond donors (Lipinski definition) is 2. The van der Waals surface area contributed by atoms with Crippen LogP contribution in [-0.2, 0) is 14.3 Å². The fourth-order valence-corrected chi connectivity index (χ4v) is 20.3. The zero-order valence-electron chi connectivity index (χ0n) is 18.7. The average molecular weight is 539 g/mol. The molecule has 0 bridgehead atoms. The van der Waals surface area contributed by atoms with Crippen molar-refractivity contribution in [2.24, 2.45) is 0 Å². The minimum absolute atomic E-state index is 0.0632. The summed E-state index contributed by atoms with van der Waals surface area (Å²) in [6.45, 7) is 3.95. The molecule has 0 saturated carbocycles. The second kappa shape index (κ2) is 9.69. The Balaban J connectivity index is 2.05. The Kier molecular flexibility index (Phi) is 7.42. The number of aryl methyl sites for hydroxylation is 2. The maximum atomic E-state index is 13.5. The summed E-state index contributed by atoms with van der Waals surface area (Å²) in [6, 6.07) is 16.0. The van der Waals surface area contributed by atoms with Gasteiger partial charge < -0.3 is 0 Å². The molecule has 2 N–H and O–H groups in total. The van der Waals surface area contributed by atoms with Gasteiger partial charge in [-0.25, -0.2) is 0 Å². The molecule has 3 rings (SSSR count). The van der Waals surface area contributed by atoms with Gasteiger partial charge in [-0.05, 0) is 0 Å². The van der Waals surface area contributed by atoms with E-state index in [1.54, 1.807) is 0 Å². The van der Waals surface area contributed by atoms with Crippen LogP contribution in [0.15, 0.2) is 48.5 Å². The fraction of sp³-hybridized carbons (Fsp3) is 0.440. The number of aliphatic hydroxyl groups excluding tert-OH is 1. The van der Waals surface area contributed by atoms with Crippen molar-refractivity contribution < 1.29 is 19.4 Å². The molecule has 1 unspecified atom stereocenters. The van der Waals surface area contributed by atoms with E-state index in [9.17, 15) is 14.7 Å². The number of carbonyl (C=O) groups is 2. The van der Waals surface area contributed by atoms with Crippen molar-refractivity contribution >= 4 is 34.6 Å². The predicted octanol–water partition coefficient (Wildman–Crippen LogP) is 4.87. The molecule has 1 fully saturated rings. The molecule has 2 aromatic carbocycles. The monoisotopic (exact) mass is 539 g/mol. The van der Waals surface area contributed by atoms with Gasteiger partial charge in [0.2, 0.25) is 0 Å². The fourth-order valence-electron chi connectivity index (χ4n) is 4.86. The third-order valence-electron chi connectivity index (χ3n) is 6.51. The minimum atomic E-state index is -4.07. The number of para-hydroxylation sites is 1. The number of carbonyl (C=O) groups excluding carboxylic acids is 2. The van der Waals surface area contributed by atoms with Crippen molar-refractivity contribution in [3.8, 4) is 0 Å². The van der Waals surface area contributed by atoms with Gasteiger partial charge in [-0.1, -0.05) is 0 Å². The van der Waals surface area contributed by atoms with Crippen LogP contribution in [0.4, 0.5) is 5.69 Å². The molecule has 0 aliphatic carbocycles. The zero-order chi connectivity index (χ0) is 22.5. The third kappa shape index (κ3) is 4.80. The van der Waals surface area contributed by atoms with E-state index in [2.05, 4.69) is 17.4 Å². The van der Waals surface area contributed by atoms with Crippen LogP contribution >= 0.6 is 17.0 Å². The van der Waals surface area contributed by atoms with Crippen molar-refractivity contribution in [3.63, 3.8) is 0 Å². The van der Waals surface area contributed by atoms with Crippen LogP contribution in [0.3, 0.4) is 0 Å². The number of esters is 1. The molecule has 170 valence electrons. The van der Waals surface area contributed by atoms with Crippen LogP contribution < -0.4 is 5.32 Å². The van der Waals surface area contributed by atoms with Gasteiger partial charge >= 0.3 is 187 Å². The van der Waals surface area contributed by atoms with Gasteiger partial charge in [-0.3, -0.25) is 0 Å². The molecule has 1 amide bonds. The summed E-state index contributed by atoms with van der Waals surface area (Å²) >= 11 is -4.07. The van der Waals surface area contributed by atoms with Crippen LogP contribution in [0.1, 0.15) is 39.9 Å². The first kappa shape index (κ1) is 23.7. The van der Waals surface area contributed by atoms with Crippen LogP contribution in [-0.4, -0.2) is 42.0 Å². The Morgan fingerprint density at radius 3 is 2.32 bits per heavy atom. The number of methoxy groups -OCH3 is 1. The quantitative estimate of drug-likeness (QED) is 0.299. The van der Waals surface area contributed by atoms with Gasteiger partial charge in [0.25, 0.3) is 0 Å².